The van der Waals surface area contributed by atoms with Gasteiger partial charge < -0.3 is 9.47 Å². The van der Waals surface area contributed by atoms with Gasteiger partial charge in [-0.15, -0.1) is 22.7 Å². The fourth-order valence-corrected chi connectivity index (χ4v) is 9.67. The van der Waals surface area contributed by atoms with Gasteiger partial charge in [-0.3, -0.25) is 0 Å². The van der Waals surface area contributed by atoms with E-state index in [1.807, 2.05) is 46.9 Å². The van der Waals surface area contributed by atoms with Gasteiger partial charge in [0.1, 0.15) is 11.5 Å². The topological polar surface area (TPSA) is 35.5 Å². The number of carbonyl (C=O) groups is 1. The lowest BCUT2D eigenvalue weighted by atomic mass is 10.1. The molecule has 290 valence electrons. The van der Waals surface area contributed by atoms with E-state index in [4.69, 9.17) is 9.47 Å². The molecule has 0 amide bonds. The zero-order valence-corrected chi connectivity index (χ0v) is 34.8. The molecule has 0 aliphatic carbocycles. The molecule has 0 spiro atoms. The first kappa shape index (κ1) is 41.7. The molecule has 3 aromatic carbocycles. The second kappa shape index (κ2) is 24.2. The molecule has 0 unspecified atom stereocenters. The number of benzene rings is 3. The van der Waals surface area contributed by atoms with Gasteiger partial charge in [-0.1, -0.05) is 154 Å². The monoisotopic (exact) mass is 764 g/mol. The Morgan fingerprint density at radius 2 is 1.02 bits per heavy atom. The highest BCUT2D eigenvalue weighted by atomic mass is 32.1. The number of esters is 1. The van der Waals surface area contributed by atoms with Crippen LogP contribution in [0, 0.1) is 0 Å². The smallest absolute Gasteiger partial charge is 0.343 e. The van der Waals surface area contributed by atoms with Crippen LogP contribution in [-0.2, 0) is 6.42 Å². The highest BCUT2D eigenvalue weighted by molar-refractivity contribution is 7.25. The van der Waals surface area contributed by atoms with Crippen molar-refractivity contribution < 1.29 is 14.3 Å². The molecule has 0 saturated heterocycles. The van der Waals surface area contributed by atoms with Gasteiger partial charge in [0.2, 0.25) is 0 Å². The third-order valence-electron chi connectivity index (χ3n) is 10.5. The molecule has 2 aromatic heterocycles. The van der Waals surface area contributed by atoms with Crippen LogP contribution < -0.4 is 9.47 Å². The first-order chi connectivity index (χ1) is 26.7. The Morgan fingerprint density at radius 3 is 1.61 bits per heavy atom. The van der Waals surface area contributed by atoms with Crippen LogP contribution in [0.15, 0.2) is 84.9 Å². The molecule has 0 bridgehead atoms. The molecule has 0 radical (unpaired) electrons. The Balaban J connectivity index is 1.06. The predicted octanol–water partition coefficient (Wildman–Crippen LogP) is 16.3. The molecule has 5 aromatic rings. The summed E-state index contributed by atoms with van der Waals surface area (Å²) in [6, 6.07) is 28.6. The van der Waals surface area contributed by atoms with E-state index in [2.05, 4.69) is 62.4 Å². The molecular formula is C49H64O3S2. The summed E-state index contributed by atoms with van der Waals surface area (Å²) in [5.74, 6) is 0.974. The van der Waals surface area contributed by atoms with Gasteiger partial charge in [0.15, 0.2) is 0 Å². The molecule has 0 saturated carbocycles. The molecule has 5 heteroatoms. The summed E-state index contributed by atoms with van der Waals surface area (Å²) in [5.41, 5.74) is 1.65. The molecule has 3 nitrogen and oxygen atoms in total. The third-order valence-corrected chi connectivity index (χ3v) is 13.1. The van der Waals surface area contributed by atoms with Crippen LogP contribution >= 0.6 is 22.7 Å². The normalized spacial score (nSPS) is 11.4. The standard InChI is InChI=1S/C49H64O3S2/c1-3-5-7-9-11-13-15-17-19-21-25-43-36-37-46(53-43)48-45-27-23-22-26-44(45)47(54-48)39-28-34-42(35-29-39)52-49(50)40-30-32-41(33-31-40)51-38-24-20-18-16-14-12-10-8-6-4-2/h22-23,26-37H,3-21,24-25,38H2,1-2H3. The number of unbranched alkanes of at least 4 members (excludes halogenated alkanes) is 18. The SMILES string of the molecule is CCCCCCCCCCCCOc1ccc(C(=O)Oc2ccc(-c3sc(-c4ccc(CCCCCCCCCCCC)s4)c4ccccc34)cc2)cc1. The summed E-state index contributed by atoms with van der Waals surface area (Å²) in [5, 5.41) is 2.57. The van der Waals surface area contributed by atoms with Crippen molar-refractivity contribution in [1.82, 2.24) is 0 Å². The quantitative estimate of drug-likeness (QED) is 0.0303. The van der Waals surface area contributed by atoms with Crippen molar-refractivity contribution in [2.24, 2.45) is 0 Å². The van der Waals surface area contributed by atoms with Crippen LogP contribution in [0.5, 0.6) is 11.5 Å². The van der Waals surface area contributed by atoms with Crippen LogP contribution in [0.4, 0.5) is 0 Å². The van der Waals surface area contributed by atoms with E-state index in [1.54, 1.807) is 12.1 Å². The summed E-state index contributed by atoms with van der Waals surface area (Å²) in [6.45, 7) is 5.27. The minimum atomic E-state index is -0.362. The number of aryl methyl sites for hydroxylation is 1. The van der Waals surface area contributed by atoms with E-state index < -0.39 is 0 Å². The first-order valence-electron chi connectivity index (χ1n) is 21.3. The summed E-state index contributed by atoms with van der Waals surface area (Å²) in [6.07, 6.45) is 28.0. The Morgan fingerprint density at radius 1 is 0.500 bits per heavy atom. The lowest BCUT2D eigenvalue weighted by Crippen LogP contribution is -2.08. The van der Waals surface area contributed by atoms with Crippen molar-refractivity contribution in [3.8, 4) is 31.7 Å². The number of fused-ring (bicyclic) bond motifs is 1. The molecule has 0 N–H and O–H groups in total. The molecule has 5 rings (SSSR count). The fraction of sp³-hybridized carbons (Fsp3) is 0.490. The highest BCUT2D eigenvalue weighted by Gasteiger charge is 2.16. The third kappa shape index (κ3) is 13.7. The van der Waals surface area contributed by atoms with Gasteiger partial charge in [-0.2, -0.15) is 0 Å². The van der Waals surface area contributed by atoms with Crippen molar-refractivity contribution in [2.75, 3.05) is 6.61 Å². The number of hydrogen-bond acceptors (Lipinski definition) is 5. The summed E-state index contributed by atoms with van der Waals surface area (Å²) in [4.78, 5) is 18.4. The van der Waals surface area contributed by atoms with Crippen LogP contribution in [0.3, 0.4) is 0 Å². The summed E-state index contributed by atoms with van der Waals surface area (Å²) < 4.78 is 11.7. The Kier molecular flexibility index (Phi) is 18.7. The van der Waals surface area contributed by atoms with Crippen LogP contribution in [0.1, 0.15) is 157 Å². The van der Waals surface area contributed by atoms with E-state index >= 15 is 0 Å². The van der Waals surface area contributed by atoms with Gasteiger partial charge in [-0.05, 0) is 85.5 Å². The van der Waals surface area contributed by atoms with Gasteiger partial charge >= 0.3 is 5.97 Å². The zero-order chi connectivity index (χ0) is 37.6. The second-order valence-electron chi connectivity index (χ2n) is 15.0. The molecule has 0 fully saturated rings. The fourth-order valence-electron chi connectivity index (χ4n) is 7.22. The van der Waals surface area contributed by atoms with Crippen LogP contribution in [0.25, 0.3) is 31.0 Å². The van der Waals surface area contributed by atoms with Crippen LogP contribution in [0.2, 0.25) is 0 Å². The maximum absolute atomic E-state index is 13.0. The van der Waals surface area contributed by atoms with Crippen molar-refractivity contribution in [2.45, 2.75) is 149 Å². The first-order valence-corrected chi connectivity index (χ1v) is 23.0. The average Bonchev–Trinajstić information content (AvgIpc) is 3.83. The Bertz CT molecular complexity index is 1770. The number of carbonyl (C=O) groups excluding carboxylic acids is 1. The van der Waals surface area contributed by atoms with Crippen LogP contribution in [-0.4, -0.2) is 12.6 Å². The number of ether oxygens (including phenoxy) is 2. The maximum atomic E-state index is 13.0. The predicted molar refractivity (Wildman–Crippen MR) is 235 cm³/mol. The highest BCUT2D eigenvalue weighted by Crippen LogP contribution is 2.46. The number of thiophene rings is 2. The summed E-state index contributed by atoms with van der Waals surface area (Å²) in [7, 11) is 0. The molecule has 0 aliphatic rings. The van der Waals surface area contributed by atoms with E-state index in [0.29, 0.717) is 17.9 Å². The zero-order valence-electron chi connectivity index (χ0n) is 33.2. The van der Waals surface area contributed by atoms with E-state index in [9.17, 15) is 4.79 Å². The van der Waals surface area contributed by atoms with Gasteiger partial charge in [0.25, 0.3) is 0 Å². The molecule has 54 heavy (non-hydrogen) atoms. The van der Waals surface area contributed by atoms with Gasteiger partial charge in [-0.25, -0.2) is 4.79 Å². The maximum Gasteiger partial charge on any atom is 0.343 e. The largest absolute Gasteiger partial charge is 0.494 e. The van der Waals surface area contributed by atoms with Gasteiger partial charge in [0, 0.05) is 25.4 Å². The minimum absolute atomic E-state index is 0.362. The number of hydrogen-bond donors (Lipinski definition) is 0. The minimum Gasteiger partial charge on any atom is -0.494 e. The van der Waals surface area contributed by atoms with Crippen molar-refractivity contribution in [3.63, 3.8) is 0 Å². The van der Waals surface area contributed by atoms with Crippen molar-refractivity contribution in [1.29, 1.82) is 0 Å². The second-order valence-corrected chi connectivity index (χ2v) is 17.2. The lowest BCUT2D eigenvalue weighted by molar-refractivity contribution is 0.0734. The average molecular weight is 765 g/mol. The molecule has 0 aliphatic heterocycles. The van der Waals surface area contributed by atoms with E-state index in [-0.39, 0.29) is 5.97 Å². The van der Waals surface area contributed by atoms with E-state index in [1.165, 1.54) is 159 Å². The van der Waals surface area contributed by atoms with E-state index in [0.717, 1.165) is 17.7 Å². The Labute approximate surface area is 334 Å². The van der Waals surface area contributed by atoms with Crippen molar-refractivity contribution in [3.05, 3.63) is 95.4 Å². The number of rotatable bonds is 27. The van der Waals surface area contributed by atoms with Gasteiger partial charge in [0.05, 0.1) is 17.0 Å². The lowest BCUT2D eigenvalue weighted by Gasteiger charge is -2.08. The Hall–Kier alpha value is -3.41. The molecule has 2 heterocycles. The van der Waals surface area contributed by atoms with Crippen molar-refractivity contribution >= 4 is 39.4 Å². The molecule has 0 atom stereocenters. The summed E-state index contributed by atoms with van der Waals surface area (Å²) >= 11 is 3.81. The molecular weight excluding hydrogens is 701 g/mol.